The molecule has 28 heavy (non-hydrogen) atoms. The van der Waals surface area contributed by atoms with Gasteiger partial charge in [0.25, 0.3) is 0 Å². The zero-order valence-electron chi connectivity index (χ0n) is 15.4. The Labute approximate surface area is 161 Å². The van der Waals surface area contributed by atoms with E-state index < -0.39 is 18.4 Å². The molecule has 0 radical (unpaired) electrons. The number of carbonyl (C=O) groups is 3. The first-order valence-corrected chi connectivity index (χ1v) is 8.89. The Hall–Kier alpha value is -3.22. The molecular weight excluding hydrogens is 365 g/mol. The van der Waals surface area contributed by atoms with Crippen molar-refractivity contribution >= 4 is 23.3 Å². The van der Waals surface area contributed by atoms with E-state index in [1.807, 2.05) is 0 Å². The summed E-state index contributed by atoms with van der Waals surface area (Å²) in [6.45, 7) is 0.273. The largest absolute Gasteiger partial charge is 0.494 e. The zero-order chi connectivity index (χ0) is 20.1. The highest BCUT2D eigenvalue weighted by molar-refractivity contribution is 5.99. The van der Waals surface area contributed by atoms with Crippen LogP contribution >= 0.6 is 0 Å². The van der Waals surface area contributed by atoms with E-state index in [-0.39, 0.29) is 23.9 Å². The van der Waals surface area contributed by atoms with Crippen LogP contribution in [0.25, 0.3) is 0 Å². The molecule has 0 unspecified atom stereocenters. The number of esters is 1. The summed E-state index contributed by atoms with van der Waals surface area (Å²) in [6, 6.07) is 10.8. The second kappa shape index (κ2) is 8.65. The summed E-state index contributed by atoms with van der Waals surface area (Å²) in [5.41, 5.74) is 1.56. The highest BCUT2D eigenvalue weighted by atomic mass is 19.1. The van der Waals surface area contributed by atoms with Gasteiger partial charge in [0.05, 0.1) is 13.5 Å². The first-order chi connectivity index (χ1) is 13.5. The number of halogens is 1. The fourth-order valence-corrected chi connectivity index (χ4v) is 3.02. The van der Waals surface area contributed by atoms with Gasteiger partial charge < -0.3 is 14.4 Å². The van der Waals surface area contributed by atoms with Crippen LogP contribution in [0.15, 0.2) is 42.5 Å². The lowest BCUT2D eigenvalue weighted by Crippen LogP contribution is -2.23. The average Bonchev–Trinajstić information content (AvgIpc) is 3.12. The fourth-order valence-electron chi connectivity index (χ4n) is 3.02. The number of ether oxygens (including phenoxy) is 2. The molecule has 0 bridgehead atoms. The summed E-state index contributed by atoms with van der Waals surface area (Å²) in [5, 5.41) is 0. The van der Waals surface area contributed by atoms with Crippen LogP contribution in [0.3, 0.4) is 0 Å². The standard InChI is InChI=1S/C21H20FNO5/c1-27-19-9-4-14(11-17(19)22)12-21(26)28-13-18(24)15-5-7-16(8-6-15)23-10-2-3-20(23)25/h4-9,11H,2-3,10,12-13H2,1H3. The minimum atomic E-state index is -0.628. The van der Waals surface area contributed by atoms with Crippen molar-refractivity contribution in [3.8, 4) is 5.75 Å². The van der Waals surface area contributed by atoms with Crippen LogP contribution in [0.2, 0.25) is 0 Å². The highest BCUT2D eigenvalue weighted by Crippen LogP contribution is 2.22. The molecule has 1 aliphatic rings. The van der Waals surface area contributed by atoms with Gasteiger partial charge in [-0.3, -0.25) is 14.4 Å². The summed E-state index contributed by atoms with van der Waals surface area (Å²) in [7, 11) is 1.35. The summed E-state index contributed by atoms with van der Waals surface area (Å²) in [4.78, 5) is 37.5. The van der Waals surface area contributed by atoms with Gasteiger partial charge in [0.2, 0.25) is 5.91 Å². The van der Waals surface area contributed by atoms with Crippen LogP contribution in [0.5, 0.6) is 5.75 Å². The number of methoxy groups -OCH3 is 1. The van der Waals surface area contributed by atoms with Gasteiger partial charge in [0.1, 0.15) is 0 Å². The van der Waals surface area contributed by atoms with E-state index in [1.54, 1.807) is 35.2 Å². The second-order valence-corrected chi connectivity index (χ2v) is 6.43. The maximum Gasteiger partial charge on any atom is 0.310 e. The normalized spacial score (nSPS) is 13.5. The van der Waals surface area contributed by atoms with Gasteiger partial charge in [-0.1, -0.05) is 6.07 Å². The highest BCUT2D eigenvalue weighted by Gasteiger charge is 2.21. The lowest BCUT2D eigenvalue weighted by molar-refractivity contribution is -0.141. The molecule has 0 spiro atoms. The van der Waals surface area contributed by atoms with Crippen molar-refractivity contribution in [3.05, 3.63) is 59.4 Å². The fraction of sp³-hybridized carbons (Fsp3) is 0.286. The van der Waals surface area contributed by atoms with Gasteiger partial charge in [-0.2, -0.15) is 0 Å². The van der Waals surface area contributed by atoms with Crippen LogP contribution in [0.1, 0.15) is 28.8 Å². The van der Waals surface area contributed by atoms with E-state index in [9.17, 15) is 18.8 Å². The van der Waals surface area contributed by atoms with E-state index in [2.05, 4.69) is 0 Å². The minimum Gasteiger partial charge on any atom is -0.494 e. The van der Waals surface area contributed by atoms with Crippen molar-refractivity contribution in [2.45, 2.75) is 19.3 Å². The predicted molar refractivity (Wildman–Crippen MR) is 100.0 cm³/mol. The van der Waals surface area contributed by atoms with E-state index in [0.717, 1.165) is 12.1 Å². The Bertz CT molecular complexity index is 894. The molecule has 0 aliphatic carbocycles. The number of Topliss-reactive ketones (excluding diaryl/α,β-unsaturated/α-hetero) is 1. The van der Waals surface area contributed by atoms with Crippen molar-refractivity contribution in [2.24, 2.45) is 0 Å². The smallest absolute Gasteiger partial charge is 0.310 e. The Morgan fingerprint density at radius 3 is 2.50 bits per heavy atom. The Morgan fingerprint density at radius 2 is 1.89 bits per heavy atom. The monoisotopic (exact) mass is 385 g/mol. The lowest BCUT2D eigenvalue weighted by Gasteiger charge is -2.15. The molecular formula is C21H20FNO5. The van der Waals surface area contributed by atoms with Crippen molar-refractivity contribution < 1.29 is 28.2 Å². The molecule has 1 saturated heterocycles. The zero-order valence-corrected chi connectivity index (χ0v) is 15.4. The Morgan fingerprint density at radius 1 is 1.14 bits per heavy atom. The average molecular weight is 385 g/mol. The Balaban J connectivity index is 1.52. The molecule has 1 aliphatic heterocycles. The van der Waals surface area contributed by atoms with Gasteiger partial charge in [-0.05, 0) is 48.4 Å². The van der Waals surface area contributed by atoms with Gasteiger partial charge in [0, 0.05) is 24.2 Å². The summed E-state index contributed by atoms with van der Waals surface area (Å²) in [5.74, 6) is -1.39. The molecule has 2 aromatic carbocycles. The number of carbonyl (C=O) groups excluding carboxylic acids is 3. The SMILES string of the molecule is COc1ccc(CC(=O)OCC(=O)c2ccc(N3CCCC3=O)cc2)cc1F. The third-order valence-corrected chi connectivity index (χ3v) is 4.50. The van der Waals surface area contributed by atoms with E-state index in [4.69, 9.17) is 9.47 Å². The topological polar surface area (TPSA) is 72.9 Å². The van der Waals surface area contributed by atoms with Gasteiger partial charge in [-0.15, -0.1) is 0 Å². The summed E-state index contributed by atoms with van der Waals surface area (Å²) < 4.78 is 23.5. The number of hydrogen-bond donors (Lipinski definition) is 0. The van der Waals surface area contributed by atoms with Crippen molar-refractivity contribution in [3.63, 3.8) is 0 Å². The number of ketones is 1. The molecule has 0 N–H and O–H groups in total. The molecule has 0 saturated carbocycles. The number of anilines is 1. The van der Waals surface area contributed by atoms with Crippen LogP contribution in [-0.4, -0.2) is 37.9 Å². The van der Waals surface area contributed by atoms with Gasteiger partial charge in [0.15, 0.2) is 24.0 Å². The third-order valence-electron chi connectivity index (χ3n) is 4.50. The van der Waals surface area contributed by atoms with Crippen LogP contribution in [-0.2, 0) is 20.7 Å². The number of hydrogen-bond acceptors (Lipinski definition) is 5. The molecule has 2 aromatic rings. The molecule has 0 aromatic heterocycles. The molecule has 3 rings (SSSR count). The maximum absolute atomic E-state index is 13.6. The first-order valence-electron chi connectivity index (χ1n) is 8.89. The van der Waals surface area contributed by atoms with Gasteiger partial charge in [-0.25, -0.2) is 4.39 Å². The van der Waals surface area contributed by atoms with Crippen LogP contribution in [0.4, 0.5) is 10.1 Å². The molecule has 0 atom stereocenters. The molecule has 1 amide bonds. The molecule has 1 fully saturated rings. The van der Waals surface area contributed by atoms with Crippen LogP contribution in [0, 0.1) is 5.82 Å². The lowest BCUT2D eigenvalue weighted by atomic mass is 10.1. The quantitative estimate of drug-likeness (QED) is 0.541. The number of nitrogens with zero attached hydrogens (tertiary/aromatic N) is 1. The molecule has 7 heteroatoms. The van der Waals surface area contributed by atoms with E-state index in [0.29, 0.717) is 24.1 Å². The predicted octanol–water partition coefficient (Wildman–Crippen LogP) is 2.93. The van der Waals surface area contributed by atoms with Crippen LogP contribution < -0.4 is 9.64 Å². The number of rotatable bonds is 7. The van der Waals surface area contributed by atoms with Gasteiger partial charge >= 0.3 is 5.97 Å². The first kappa shape index (κ1) is 19.5. The number of benzene rings is 2. The summed E-state index contributed by atoms with van der Waals surface area (Å²) in [6.07, 6.45) is 1.21. The van der Waals surface area contributed by atoms with E-state index in [1.165, 1.54) is 19.2 Å². The second-order valence-electron chi connectivity index (χ2n) is 6.43. The molecule has 1 heterocycles. The van der Waals surface area contributed by atoms with E-state index >= 15 is 0 Å². The van der Waals surface area contributed by atoms with Crippen molar-refractivity contribution in [1.29, 1.82) is 0 Å². The minimum absolute atomic E-state index is 0.0722. The van der Waals surface area contributed by atoms with Crippen molar-refractivity contribution in [2.75, 3.05) is 25.2 Å². The number of amides is 1. The maximum atomic E-state index is 13.6. The molecule has 146 valence electrons. The summed E-state index contributed by atoms with van der Waals surface area (Å²) >= 11 is 0. The third kappa shape index (κ3) is 4.54. The Kier molecular flexibility index (Phi) is 6.03. The molecule has 6 nitrogen and oxygen atoms in total. The van der Waals surface area contributed by atoms with Crippen molar-refractivity contribution in [1.82, 2.24) is 0 Å².